The van der Waals surface area contributed by atoms with E-state index in [1.54, 1.807) is 12.1 Å². The van der Waals surface area contributed by atoms with Crippen molar-refractivity contribution in [2.24, 2.45) is 0 Å². The van der Waals surface area contributed by atoms with E-state index in [0.29, 0.717) is 16.6 Å². The molecule has 1 amide bonds. The van der Waals surface area contributed by atoms with E-state index in [2.05, 4.69) is 12.2 Å². The molecule has 0 radical (unpaired) electrons. The Morgan fingerprint density at radius 3 is 2.82 bits per heavy atom. The predicted molar refractivity (Wildman–Crippen MR) is 69.4 cm³/mol. The average molecular weight is 253 g/mol. The predicted octanol–water partition coefficient (Wildman–Crippen LogP) is 2.16. The minimum Gasteiger partial charge on any atom is -0.333 e. The first-order chi connectivity index (χ1) is 8.22. The van der Waals surface area contributed by atoms with E-state index in [1.165, 1.54) is 0 Å². The molecule has 1 heterocycles. The molecule has 0 bridgehead atoms. The highest BCUT2D eigenvalue weighted by Crippen LogP contribution is 2.16. The van der Waals surface area contributed by atoms with Gasteiger partial charge in [-0.15, -0.1) is 0 Å². The number of nitrogens with one attached hydrogen (secondary N) is 1. The number of hydrogen-bond acceptors (Lipinski definition) is 2. The van der Waals surface area contributed by atoms with Crippen LogP contribution in [0.4, 0.5) is 0 Å². The van der Waals surface area contributed by atoms with E-state index in [9.17, 15) is 4.79 Å². The number of nitrogens with zero attached hydrogens (tertiary/aromatic N) is 1. The highest BCUT2D eigenvalue weighted by molar-refractivity contribution is 6.30. The zero-order valence-corrected chi connectivity index (χ0v) is 10.7. The molecular weight excluding hydrogens is 236 g/mol. The number of amides is 1. The van der Waals surface area contributed by atoms with E-state index < -0.39 is 0 Å². The van der Waals surface area contributed by atoms with Crippen LogP contribution >= 0.6 is 11.6 Å². The van der Waals surface area contributed by atoms with Crippen LogP contribution in [0.1, 0.15) is 23.7 Å². The van der Waals surface area contributed by atoms with Gasteiger partial charge in [-0.3, -0.25) is 4.79 Å². The Labute approximate surface area is 107 Å². The third-order valence-corrected chi connectivity index (χ3v) is 3.23. The number of hydrogen-bond donors (Lipinski definition) is 1. The van der Waals surface area contributed by atoms with E-state index in [4.69, 9.17) is 11.6 Å². The summed E-state index contributed by atoms with van der Waals surface area (Å²) in [6.45, 7) is 4.68. The lowest BCUT2D eigenvalue weighted by Crippen LogP contribution is -2.59. The SMILES string of the molecule is CCCN(C(=O)c1cccc(Cl)c1)C1CNC1. The molecule has 0 spiro atoms. The van der Waals surface area contributed by atoms with Crippen molar-refractivity contribution in [1.29, 1.82) is 0 Å². The lowest BCUT2D eigenvalue weighted by atomic mass is 10.1. The van der Waals surface area contributed by atoms with E-state index in [1.807, 2.05) is 17.0 Å². The fraction of sp³-hybridized carbons (Fsp3) is 0.462. The van der Waals surface area contributed by atoms with Crippen LogP contribution in [0.25, 0.3) is 0 Å². The van der Waals surface area contributed by atoms with Crippen molar-refractivity contribution in [1.82, 2.24) is 10.2 Å². The molecule has 1 aromatic rings. The largest absolute Gasteiger partial charge is 0.333 e. The second-order valence-electron chi connectivity index (χ2n) is 4.32. The second kappa shape index (κ2) is 5.52. The standard InChI is InChI=1S/C13H17ClN2O/c1-2-6-16(12-8-15-9-12)13(17)10-4-3-5-11(14)7-10/h3-5,7,12,15H,2,6,8-9H2,1H3. The van der Waals surface area contributed by atoms with Crippen LogP contribution < -0.4 is 5.32 Å². The molecule has 2 rings (SSSR count). The van der Waals surface area contributed by atoms with Crippen molar-refractivity contribution in [2.45, 2.75) is 19.4 Å². The smallest absolute Gasteiger partial charge is 0.254 e. The molecule has 1 aromatic carbocycles. The highest BCUT2D eigenvalue weighted by atomic mass is 35.5. The first-order valence-corrected chi connectivity index (χ1v) is 6.37. The van der Waals surface area contributed by atoms with Crippen LogP contribution in [0.5, 0.6) is 0 Å². The van der Waals surface area contributed by atoms with Crippen LogP contribution in [0.3, 0.4) is 0 Å². The Bertz CT molecular complexity index is 404. The van der Waals surface area contributed by atoms with Gasteiger partial charge in [0.1, 0.15) is 0 Å². The number of carbonyl (C=O) groups is 1. The molecule has 1 fully saturated rings. The van der Waals surface area contributed by atoms with Gasteiger partial charge in [0.25, 0.3) is 5.91 Å². The van der Waals surface area contributed by atoms with Crippen LogP contribution in [0, 0.1) is 0 Å². The summed E-state index contributed by atoms with van der Waals surface area (Å²) in [7, 11) is 0. The summed E-state index contributed by atoms with van der Waals surface area (Å²) in [5.41, 5.74) is 0.679. The van der Waals surface area contributed by atoms with Gasteiger partial charge in [-0.05, 0) is 24.6 Å². The maximum Gasteiger partial charge on any atom is 0.254 e. The first kappa shape index (κ1) is 12.4. The van der Waals surface area contributed by atoms with E-state index >= 15 is 0 Å². The topological polar surface area (TPSA) is 32.3 Å². The maximum atomic E-state index is 12.4. The summed E-state index contributed by atoms with van der Waals surface area (Å²) in [6.07, 6.45) is 0.975. The maximum absolute atomic E-state index is 12.4. The molecule has 92 valence electrons. The number of benzene rings is 1. The summed E-state index contributed by atoms with van der Waals surface area (Å²) in [4.78, 5) is 14.3. The lowest BCUT2D eigenvalue weighted by molar-refractivity contribution is 0.0616. The summed E-state index contributed by atoms with van der Waals surface area (Å²) >= 11 is 5.92. The van der Waals surface area contributed by atoms with Gasteiger partial charge >= 0.3 is 0 Å². The Morgan fingerprint density at radius 2 is 2.29 bits per heavy atom. The molecule has 1 aliphatic rings. The van der Waals surface area contributed by atoms with Crippen LogP contribution in [0.2, 0.25) is 5.02 Å². The third kappa shape index (κ3) is 2.79. The molecule has 0 aromatic heterocycles. The minimum atomic E-state index is 0.0841. The summed E-state index contributed by atoms with van der Waals surface area (Å²) in [5, 5.41) is 3.81. The Morgan fingerprint density at radius 1 is 1.53 bits per heavy atom. The van der Waals surface area contributed by atoms with E-state index in [-0.39, 0.29) is 5.91 Å². The molecule has 1 N–H and O–H groups in total. The molecule has 17 heavy (non-hydrogen) atoms. The highest BCUT2D eigenvalue weighted by Gasteiger charge is 2.28. The van der Waals surface area contributed by atoms with Crippen molar-refractivity contribution in [3.8, 4) is 0 Å². The fourth-order valence-corrected chi connectivity index (χ4v) is 2.16. The van der Waals surface area contributed by atoms with Crippen LogP contribution in [-0.4, -0.2) is 36.5 Å². The molecule has 0 aliphatic carbocycles. The number of carbonyl (C=O) groups excluding carboxylic acids is 1. The van der Waals surface area contributed by atoms with Gasteiger partial charge in [0.05, 0.1) is 6.04 Å². The summed E-state index contributed by atoms with van der Waals surface area (Å²) < 4.78 is 0. The van der Waals surface area contributed by atoms with E-state index in [0.717, 1.165) is 26.1 Å². The molecule has 4 heteroatoms. The molecule has 0 saturated carbocycles. The zero-order chi connectivity index (χ0) is 12.3. The van der Waals surface area contributed by atoms with Gasteiger partial charge in [-0.2, -0.15) is 0 Å². The molecular formula is C13H17ClN2O. The van der Waals surface area contributed by atoms with Gasteiger partial charge in [0, 0.05) is 30.2 Å². The summed E-state index contributed by atoms with van der Waals surface area (Å²) in [5.74, 6) is 0.0841. The van der Waals surface area contributed by atoms with Crippen LogP contribution in [0.15, 0.2) is 24.3 Å². The normalized spacial score (nSPS) is 15.4. The molecule has 0 atom stereocenters. The van der Waals surface area contributed by atoms with Crippen molar-refractivity contribution >= 4 is 17.5 Å². The second-order valence-corrected chi connectivity index (χ2v) is 4.76. The minimum absolute atomic E-state index is 0.0841. The number of halogens is 1. The summed E-state index contributed by atoms with van der Waals surface area (Å²) in [6, 6.07) is 7.50. The average Bonchev–Trinajstić information content (AvgIpc) is 2.25. The van der Waals surface area contributed by atoms with Crippen LogP contribution in [-0.2, 0) is 0 Å². The Hall–Kier alpha value is -1.06. The van der Waals surface area contributed by atoms with Crippen molar-refractivity contribution in [3.05, 3.63) is 34.9 Å². The lowest BCUT2D eigenvalue weighted by Gasteiger charge is -2.38. The quantitative estimate of drug-likeness (QED) is 0.891. The third-order valence-electron chi connectivity index (χ3n) is 3.00. The molecule has 1 saturated heterocycles. The molecule has 1 aliphatic heterocycles. The molecule has 0 unspecified atom stereocenters. The first-order valence-electron chi connectivity index (χ1n) is 5.99. The van der Waals surface area contributed by atoms with Crippen molar-refractivity contribution in [3.63, 3.8) is 0 Å². The number of rotatable bonds is 4. The van der Waals surface area contributed by atoms with Gasteiger partial charge in [-0.25, -0.2) is 0 Å². The zero-order valence-electron chi connectivity index (χ0n) is 9.95. The monoisotopic (exact) mass is 252 g/mol. The Kier molecular flexibility index (Phi) is 4.02. The van der Waals surface area contributed by atoms with Gasteiger partial charge in [0.15, 0.2) is 0 Å². The molecule has 3 nitrogen and oxygen atoms in total. The van der Waals surface area contributed by atoms with Crippen molar-refractivity contribution < 1.29 is 4.79 Å². The fourth-order valence-electron chi connectivity index (χ4n) is 1.97. The van der Waals surface area contributed by atoms with Gasteiger partial charge in [0.2, 0.25) is 0 Å². The van der Waals surface area contributed by atoms with Gasteiger partial charge < -0.3 is 10.2 Å². The van der Waals surface area contributed by atoms with Crippen molar-refractivity contribution in [2.75, 3.05) is 19.6 Å². The van der Waals surface area contributed by atoms with Gasteiger partial charge in [-0.1, -0.05) is 24.6 Å². The Balaban J connectivity index is 2.15.